The molecule has 1 heterocycles. The van der Waals surface area contributed by atoms with Crippen LogP contribution in [-0.2, 0) is 9.47 Å². The van der Waals surface area contributed by atoms with Crippen LogP contribution in [0.3, 0.4) is 0 Å². The Bertz CT molecular complexity index is 122. The van der Waals surface area contributed by atoms with Gasteiger partial charge in [-0.2, -0.15) is 0 Å². The van der Waals surface area contributed by atoms with Gasteiger partial charge in [0.25, 0.3) is 0 Å². The molecule has 3 nitrogen and oxygen atoms in total. The standard InChI is InChI=1S/C9H17NO2/c1-2-3-6-12-9-10-4-7-11-8-5-10/h2H,1,3-9H2. The molecular formula is C9H17NO2. The molecule has 0 amide bonds. The molecule has 0 aromatic rings. The minimum absolute atomic E-state index is 0.733. The molecule has 0 aromatic heterocycles. The zero-order valence-corrected chi connectivity index (χ0v) is 7.50. The normalized spacial score (nSPS) is 19.3. The lowest BCUT2D eigenvalue weighted by atomic mass is 10.4. The molecule has 0 atom stereocenters. The second kappa shape index (κ2) is 6.17. The third kappa shape index (κ3) is 3.85. The molecule has 70 valence electrons. The smallest absolute Gasteiger partial charge is 0.0991 e. The lowest BCUT2D eigenvalue weighted by molar-refractivity contribution is -0.0315. The van der Waals surface area contributed by atoms with E-state index in [1.54, 1.807) is 0 Å². The van der Waals surface area contributed by atoms with Gasteiger partial charge in [-0.05, 0) is 6.42 Å². The second-order valence-electron chi connectivity index (χ2n) is 2.85. The monoisotopic (exact) mass is 171 g/mol. The molecule has 0 spiro atoms. The van der Waals surface area contributed by atoms with Crippen LogP contribution in [0.25, 0.3) is 0 Å². The number of hydrogen-bond acceptors (Lipinski definition) is 3. The first-order valence-corrected chi connectivity index (χ1v) is 4.42. The Hall–Kier alpha value is -0.380. The van der Waals surface area contributed by atoms with E-state index in [4.69, 9.17) is 9.47 Å². The maximum absolute atomic E-state index is 5.41. The van der Waals surface area contributed by atoms with Crippen LogP contribution in [0.15, 0.2) is 12.7 Å². The molecule has 1 rings (SSSR count). The first-order valence-electron chi connectivity index (χ1n) is 4.42. The van der Waals surface area contributed by atoms with Gasteiger partial charge in [-0.3, -0.25) is 4.90 Å². The lowest BCUT2D eigenvalue weighted by Crippen LogP contribution is -2.37. The van der Waals surface area contributed by atoms with Crippen LogP contribution in [0.4, 0.5) is 0 Å². The van der Waals surface area contributed by atoms with Crippen molar-refractivity contribution in [2.45, 2.75) is 6.42 Å². The fraction of sp³-hybridized carbons (Fsp3) is 0.778. The zero-order valence-electron chi connectivity index (χ0n) is 7.50. The van der Waals surface area contributed by atoms with Crippen LogP contribution in [0, 0.1) is 0 Å². The maximum Gasteiger partial charge on any atom is 0.0991 e. The number of ether oxygens (including phenoxy) is 2. The third-order valence-electron chi connectivity index (χ3n) is 1.84. The number of rotatable bonds is 5. The quantitative estimate of drug-likeness (QED) is 0.452. The van der Waals surface area contributed by atoms with Crippen molar-refractivity contribution in [1.82, 2.24) is 4.90 Å². The molecule has 1 fully saturated rings. The van der Waals surface area contributed by atoms with E-state index in [2.05, 4.69) is 11.5 Å². The highest BCUT2D eigenvalue weighted by Crippen LogP contribution is 1.96. The van der Waals surface area contributed by atoms with Gasteiger partial charge >= 0.3 is 0 Å². The van der Waals surface area contributed by atoms with Crippen LogP contribution < -0.4 is 0 Å². The van der Waals surface area contributed by atoms with Crippen molar-refractivity contribution < 1.29 is 9.47 Å². The van der Waals surface area contributed by atoms with Gasteiger partial charge in [0.15, 0.2) is 0 Å². The van der Waals surface area contributed by atoms with Gasteiger partial charge in [-0.15, -0.1) is 6.58 Å². The summed E-state index contributed by atoms with van der Waals surface area (Å²) in [5.41, 5.74) is 0. The minimum Gasteiger partial charge on any atom is -0.379 e. The summed E-state index contributed by atoms with van der Waals surface area (Å²) < 4.78 is 10.6. The van der Waals surface area contributed by atoms with E-state index in [0.717, 1.165) is 46.1 Å². The average molecular weight is 171 g/mol. The summed E-state index contributed by atoms with van der Waals surface area (Å²) in [4.78, 5) is 2.26. The van der Waals surface area contributed by atoms with E-state index in [-0.39, 0.29) is 0 Å². The topological polar surface area (TPSA) is 21.7 Å². The summed E-state index contributed by atoms with van der Waals surface area (Å²) in [5.74, 6) is 0. The van der Waals surface area contributed by atoms with Crippen LogP contribution in [0.1, 0.15) is 6.42 Å². The summed E-state index contributed by atoms with van der Waals surface area (Å²) in [7, 11) is 0. The molecule has 0 aromatic carbocycles. The second-order valence-corrected chi connectivity index (χ2v) is 2.85. The highest BCUT2D eigenvalue weighted by Gasteiger charge is 2.08. The summed E-state index contributed by atoms with van der Waals surface area (Å²) in [6.07, 6.45) is 2.81. The summed E-state index contributed by atoms with van der Waals surface area (Å²) in [5, 5.41) is 0. The molecule has 0 aliphatic carbocycles. The van der Waals surface area contributed by atoms with Crippen molar-refractivity contribution in [2.24, 2.45) is 0 Å². The van der Waals surface area contributed by atoms with Crippen LogP contribution >= 0.6 is 0 Å². The first-order chi connectivity index (χ1) is 5.93. The van der Waals surface area contributed by atoms with Gasteiger partial charge in [-0.1, -0.05) is 6.08 Å². The Kier molecular flexibility index (Phi) is 4.99. The maximum atomic E-state index is 5.41. The van der Waals surface area contributed by atoms with Crippen molar-refractivity contribution in [3.8, 4) is 0 Å². The molecule has 1 aliphatic heterocycles. The van der Waals surface area contributed by atoms with Gasteiger partial charge in [-0.25, -0.2) is 0 Å². The first kappa shape index (κ1) is 9.71. The molecule has 0 N–H and O–H groups in total. The van der Waals surface area contributed by atoms with E-state index in [1.807, 2.05) is 6.08 Å². The van der Waals surface area contributed by atoms with Crippen molar-refractivity contribution in [3.05, 3.63) is 12.7 Å². The van der Waals surface area contributed by atoms with Crippen molar-refractivity contribution in [2.75, 3.05) is 39.6 Å². The number of hydrogen-bond donors (Lipinski definition) is 0. The summed E-state index contributed by atoms with van der Waals surface area (Å²) >= 11 is 0. The number of nitrogens with zero attached hydrogens (tertiary/aromatic N) is 1. The number of morpholine rings is 1. The van der Waals surface area contributed by atoms with Crippen molar-refractivity contribution >= 4 is 0 Å². The molecule has 0 unspecified atom stereocenters. The molecule has 1 aliphatic rings. The Morgan fingerprint density at radius 1 is 1.42 bits per heavy atom. The zero-order chi connectivity index (χ0) is 8.65. The van der Waals surface area contributed by atoms with Gasteiger partial charge in [0.1, 0.15) is 0 Å². The van der Waals surface area contributed by atoms with E-state index in [9.17, 15) is 0 Å². The highest BCUT2D eigenvalue weighted by molar-refractivity contribution is 4.64. The fourth-order valence-corrected chi connectivity index (χ4v) is 1.09. The van der Waals surface area contributed by atoms with E-state index < -0.39 is 0 Å². The van der Waals surface area contributed by atoms with Crippen LogP contribution in [0.5, 0.6) is 0 Å². The Labute approximate surface area is 74.0 Å². The highest BCUT2D eigenvalue weighted by atomic mass is 16.5. The minimum atomic E-state index is 0.733. The van der Waals surface area contributed by atoms with Gasteiger partial charge in [0.05, 0.1) is 26.6 Å². The molecule has 3 heteroatoms. The molecule has 1 saturated heterocycles. The largest absolute Gasteiger partial charge is 0.379 e. The van der Waals surface area contributed by atoms with Crippen molar-refractivity contribution in [1.29, 1.82) is 0 Å². The average Bonchev–Trinajstić information content (AvgIpc) is 2.14. The van der Waals surface area contributed by atoms with Gasteiger partial charge in [0, 0.05) is 13.1 Å². The predicted molar refractivity (Wildman–Crippen MR) is 48.0 cm³/mol. The Balaban J connectivity index is 1.94. The summed E-state index contributed by atoms with van der Waals surface area (Å²) in [6, 6.07) is 0. The molecule has 0 saturated carbocycles. The fourth-order valence-electron chi connectivity index (χ4n) is 1.09. The molecule has 12 heavy (non-hydrogen) atoms. The van der Waals surface area contributed by atoms with Crippen molar-refractivity contribution in [3.63, 3.8) is 0 Å². The molecule has 0 bridgehead atoms. The molecular weight excluding hydrogens is 154 g/mol. The van der Waals surface area contributed by atoms with E-state index in [0.29, 0.717) is 0 Å². The van der Waals surface area contributed by atoms with Gasteiger partial charge in [0.2, 0.25) is 0 Å². The Morgan fingerprint density at radius 2 is 2.17 bits per heavy atom. The summed E-state index contributed by atoms with van der Waals surface area (Å²) in [6.45, 7) is 8.81. The SMILES string of the molecule is C=CCCOCN1CCOCC1. The Morgan fingerprint density at radius 3 is 2.83 bits per heavy atom. The van der Waals surface area contributed by atoms with Gasteiger partial charge < -0.3 is 9.47 Å². The van der Waals surface area contributed by atoms with Crippen LogP contribution in [-0.4, -0.2) is 44.5 Å². The predicted octanol–water partition coefficient (Wildman–Crippen LogP) is 0.869. The lowest BCUT2D eigenvalue weighted by Gasteiger charge is -2.25. The van der Waals surface area contributed by atoms with Crippen LogP contribution in [0.2, 0.25) is 0 Å². The molecule has 0 radical (unpaired) electrons. The van der Waals surface area contributed by atoms with E-state index in [1.165, 1.54) is 0 Å². The third-order valence-corrected chi connectivity index (χ3v) is 1.84. The van der Waals surface area contributed by atoms with E-state index >= 15 is 0 Å².